The van der Waals surface area contributed by atoms with E-state index in [2.05, 4.69) is 49.3 Å². The molecule has 1 unspecified atom stereocenters. The fraction of sp³-hybridized carbons (Fsp3) is 0.312. The van der Waals surface area contributed by atoms with Gasteiger partial charge >= 0.3 is 0 Å². The molecule has 0 amide bonds. The molecule has 2 rings (SSSR count). The van der Waals surface area contributed by atoms with Crippen LogP contribution in [0.2, 0.25) is 0 Å². The minimum absolute atomic E-state index is 0.359. The van der Waals surface area contributed by atoms with Crippen LogP contribution in [0.1, 0.15) is 35.2 Å². The van der Waals surface area contributed by atoms with Crippen molar-refractivity contribution < 1.29 is 0 Å². The van der Waals surface area contributed by atoms with Crippen molar-refractivity contribution in [1.29, 1.82) is 0 Å². The van der Waals surface area contributed by atoms with Crippen LogP contribution < -0.4 is 5.32 Å². The van der Waals surface area contributed by atoms with Crippen LogP contribution in [0.25, 0.3) is 0 Å². The molecule has 1 aromatic heterocycles. The third kappa shape index (κ3) is 3.17. The number of nitrogens with zero attached hydrogens (tertiary/aromatic N) is 1. The Morgan fingerprint density at radius 2 is 1.83 bits per heavy atom. The fourth-order valence-corrected chi connectivity index (χ4v) is 2.11. The lowest BCUT2D eigenvalue weighted by Gasteiger charge is -2.17. The maximum Gasteiger partial charge on any atom is 0.0297 e. The van der Waals surface area contributed by atoms with E-state index in [9.17, 15) is 0 Å². The van der Waals surface area contributed by atoms with E-state index in [4.69, 9.17) is 0 Å². The van der Waals surface area contributed by atoms with Gasteiger partial charge < -0.3 is 5.32 Å². The van der Waals surface area contributed by atoms with Gasteiger partial charge in [0, 0.05) is 25.0 Å². The van der Waals surface area contributed by atoms with Crippen LogP contribution in [-0.4, -0.2) is 4.98 Å². The van der Waals surface area contributed by atoms with E-state index in [0.717, 1.165) is 6.54 Å². The van der Waals surface area contributed by atoms with Gasteiger partial charge in [0.2, 0.25) is 0 Å². The van der Waals surface area contributed by atoms with E-state index in [0.29, 0.717) is 6.04 Å². The van der Waals surface area contributed by atoms with Gasteiger partial charge in [0.1, 0.15) is 0 Å². The van der Waals surface area contributed by atoms with E-state index >= 15 is 0 Å². The minimum atomic E-state index is 0.359. The quantitative estimate of drug-likeness (QED) is 0.884. The third-order valence-corrected chi connectivity index (χ3v) is 3.26. The predicted octanol–water partition coefficient (Wildman–Crippen LogP) is 3.55. The lowest BCUT2D eigenvalue weighted by Crippen LogP contribution is -2.19. The monoisotopic (exact) mass is 240 g/mol. The largest absolute Gasteiger partial charge is 0.306 e. The lowest BCUT2D eigenvalue weighted by molar-refractivity contribution is 0.571. The summed E-state index contributed by atoms with van der Waals surface area (Å²) in [5.74, 6) is 0. The number of nitrogens with one attached hydrogen (secondary N) is 1. The van der Waals surface area contributed by atoms with Gasteiger partial charge in [-0.3, -0.25) is 4.98 Å². The molecule has 0 aliphatic carbocycles. The Bertz CT molecular complexity index is 506. The summed E-state index contributed by atoms with van der Waals surface area (Å²) in [6.07, 6.45) is 3.67. The van der Waals surface area contributed by atoms with Crippen LogP contribution in [0, 0.1) is 13.8 Å². The molecular weight excluding hydrogens is 220 g/mol. The number of hydrogen-bond acceptors (Lipinski definition) is 2. The zero-order valence-electron chi connectivity index (χ0n) is 11.3. The van der Waals surface area contributed by atoms with Crippen LogP contribution in [0.3, 0.4) is 0 Å². The third-order valence-electron chi connectivity index (χ3n) is 3.26. The van der Waals surface area contributed by atoms with Gasteiger partial charge in [0.15, 0.2) is 0 Å². The van der Waals surface area contributed by atoms with Crippen molar-refractivity contribution >= 4 is 0 Å². The highest BCUT2D eigenvalue weighted by Crippen LogP contribution is 2.19. The van der Waals surface area contributed by atoms with Gasteiger partial charge in [-0.15, -0.1) is 0 Å². The van der Waals surface area contributed by atoms with E-state index in [-0.39, 0.29) is 0 Å². The van der Waals surface area contributed by atoms with E-state index < -0.39 is 0 Å². The molecule has 0 saturated carbocycles. The molecule has 2 aromatic rings. The fourth-order valence-electron chi connectivity index (χ4n) is 2.11. The number of rotatable bonds is 4. The average molecular weight is 240 g/mol. The standard InChI is InChI=1S/C16H20N2/c1-12-4-5-13(2)16(10-12)14(3)18-11-15-6-8-17-9-7-15/h4-10,14,18H,11H2,1-3H3. The van der Waals surface area contributed by atoms with Crippen molar-refractivity contribution in [1.82, 2.24) is 10.3 Å². The van der Waals surface area contributed by atoms with Crippen molar-refractivity contribution in [2.24, 2.45) is 0 Å². The summed E-state index contributed by atoms with van der Waals surface area (Å²) >= 11 is 0. The molecule has 0 spiro atoms. The smallest absolute Gasteiger partial charge is 0.0297 e. The van der Waals surface area contributed by atoms with Crippen LogP contribution >= 0.6 is 0 Å². The van der Waals surface area contributed by atoms with Crippen LogP contribution in [-0.2, 0) is 6.54 Å². The number of aromatic nitrogens is 1. The molecule has 1 N–H and O–H groups in total. The molecule has 0 radical (unpaired) electrons. The Hall–Kier alpha value is -1.67. The van der Waals surface area contributed by atoms with Gasteiger partial charge in [-0.1, -0.05) is 23.8 Å². The number of hydrogen-bond donors (Lipinski definition) is 1. The molecule has 1 atom stereocenters. The summed E-state index contributed by atoms with van der Waals surface area (Å²) in [6.45, 7) is 7.39. The van der Waals surface area contributed by atoms with Gasteiger partial charge in [-0.05, 0) is 49.6 Å². The van der Waals surface area contributed by atoms with Crippen LogP contribution in [0.4, 0.5) is 0 Å². The van der Waals surface area contributed by atoms with Crippen molar-refractivity contribution in [2.75, 3.05) is 0 Å². The molecule has 0 aliphatic rings. The summed E-state index contributed by atoms with van der Waals surface area (Å²) < 4.78 is 0. The zero-order chi connectivity index (χ0) is 13.0. The lowest BCUT2D eigenvalue weighted by atomic mass is 10.00. The highest BCUT2D eigenvalue weighted by atomic mass is 14.9. The van der Waals surface area contributed by atoms with Gasteiger partial charge in [0.25, 0.3) is 0 Å². The second-order valence-electron chi connectivity index (χ2n) is 4.82. The molecule has 0 aliphatic heterocycles. The first-order chi connectivity index (χ1) is 8.66. The highest BCUT2D eigenvalue weighted by molar-refractivity contribution is 5.32. The molecular formula is C16H20N2. The Labute approximate surface area is 109 Å². The van der Waals surface area contributed by atoms with E-state index in [1.54, 1.807) is 0 Å². The maximum absolute atomic E-state index is 4.03. The Kier molecular flexibility index (Phi) is 4.11. The van der Waals surface area contributed by atoms with Crippen LogP contribution in [0.15, 0.2) is 42.7 Å². The summed E-state index contributed by atoms with van der Waals surface area (Å²) in [6, 6.07) is 11.1. The van der Waals surface area contributed by atoms with Crippen molar-refractivity contribution in [2.45, 2.75) is 33.4 Å². The molecule has 0 saturated heterocycles. The van der Waals surface area contributed by atoms with Gasteiger partial charge in [-0.2, -0.15) is 0 Å². The topological polar surface area (TPSA) is 24.9 Å². The number of benzene rings is 1. The maximum atomic E-state index is 4.03. The predicted molar refractivity (Wildman–Crippen MR) is 75.4 cm³/mol. The molecule has 18 heavy (non-hydrogen) atoms. The van der Waals surface area contributed by atoms with Crippen LogP contribution in [0.5, 0.6) is 0 Å². The first-order valence-electron chi connectivity index (χ1n) is 6.36. The molecule has 94 valence electrons. The SMILES string of the molecule is Cc1ccc(C)c(C(C)NCc2ccncc2)c1. The molecule has 1 heterocycles. The summed E-state index contributed by atoms with van der Waals surface area (Å²) in [7, 11) is 0. The summed E-state index contributed by atoms with van der Waals surface area (Å²) in [5, 5.41) is 3.56. The second-order valence-corrected chi connectivity index (χ2v) is 4.82. The van der Waals surface area contributed by atoms with E-state index in [1.165, 1.54) is 22.3 Å². The molecule has 1 aromatic carbocycles. The summed E-state index contributed by atoms with van der Waals surface area (Å²) in [4.78, 5) is 4.03. The van der Waals surface area contributed by atoms with Gasteiger partial charge in [0.05, 0.1) is 0 Å². The van der Waals surface area contributed by atoms with Crippen molar-refractivity contribution in [3.05, 3.63) is 65.0 Å². The van der Waals surface area contributed by atoms with Crippen molar-refractivity contribution in [3.63, 3.8) is 0 Å². The molecule has 0 bridgehead atoms. The Morgan fingerprint density at radius 1 is 1.11 bits per heavy atom. The van der Waals surface area contributed by atoms with E-state index in [1.807, 2.05) is 24.5 Å². The molecule has 0 fully saturated rings. The molecule has 2 heteroatoms. The minimum Gasteiger partial charge on any atom is -0.306 e. The Morgan fingerprint density at radius 3 is 2.56 bits per heavy atom. The first-order valence-corrected chi connectivity index (χ1v) is 6.36. The normalized spacial score (nSPS) is 12.4. The average Bonchev–Trinajstić information content (AvgIpc) is 2.40. The molecule has 2 nitrogen and oxygen atoms in total. The van der Waals surface area contributed by atoms with Crippen molar-refractivity contribution in [3.8, 4) is 0 Å². The number of aryl methyl sites for hydroxylation is 2. The summed E-state index contributed by atoms with van der Waals surface area (Å²) in [5.41, 5.74) is 5.30. The van der Waals surface area contributed by atoms with Gasteiger partial charge in [-0.25, -0.2) is 0 Å². The second kappa shape index (κ2) is 5.78. The first kappa shape index (κ1) is 12.8. The highest BCUT2D eigenvalue weighted by Gasteiger charge is 2.07. The Balaban J connectivity index is 2.03. The number of pyridine rings is 1. The zero-order valence-corrected chi connectivity index (χ0v) is 11.3.